The molecule has 7 nitrogen and oxygen atoms in total. The zero-order chi connectivity index (χ0) is 25.1. The van der Waals surface area contributed by atoms with Crippen LogP contribution in [0.1, 0.15) is 43.2 Å². The van der Waals surface area contributed by atoms with E-state index in [9.17, 15) is 4.79 Å². The number of hydrogen-bond donors (Lipinski definition) is 1. The second-order valence-electron chi connectivity index (χ2n) is 9.92. The molecule has 0 spiro atoms. The van der Waals surface area contributed by atoms with Crippen molar-refractivity contribution >= 4 is 10.9 Å². The Hall–Kier alpha value is -3.50. The summed E-state index contributed by atoms with van der Waals surface area (Å²) in [4.78, 5) is 17.0. The Morgan fingerprint density at radius 1 is 1.11 bits per heavy atom. The summed E-state index contributed by atoms with van der Waals surface area (Å²) in [7, 11) is 1.63. The molecule has 0 amide bonds. The molecule has 0 unspecified atom stereocenters. The van der Waals surface area contributed by atoms with Gasteiger partial charge in [0.25, 0.3) is 5.56 Å². The minimum atomic E-state index is -0.426. The maximum Gasteiger partial charge on any atom is 0.251 e. The van der Waals surface area contributed by atoms with Crippen LogP contribution in [0.2, 0.25) is 0 Å². The van der Waals surface area contributed by atoms with Gasteiger partial charge in [-0.15, -0.1) is 0 Å². The van der Waals surface area contributed by atoms with Crippen molar-refractivity contribution in [3.05, 3.63) is 75.4 Å². The molecule has 0 atom stereocenters. The molecule has 0 bridgehead atoms. The molecular formula is C29H33N3O4. The molecule has 2 aliphatic rings. The van der Waals surface area contributed by atoms with E-state index in [1.807, 2.05) is 41.8 Å². The van der Waals surface area contributed by atoms with E-state index >= 15 is 0 Å². The minimum absolute atomic E-state index is 0.0248. The average molecular weight is 488 g/mol. The Morgan fingerprint density at radius 3 is 2.64 bits per heavy atom. The molecule has 1 N–H and O–H groups in total. The van der Waals surface area contributed by atoms with Crippen molar-refractivity contribution < 1.29 is 14.2 Å². The van der Waals surface area contributed by atoms with Crippen molar-refractivity contribution in [3.63, 3.8) is 0 Å². The number of aromatic nitrogens is 1. The van der Waals surface area contributed by atoms with Crippen LogP contribution in [0.3, 0.4) is 0 Å². The SMILES string of the molecule is [C-]#[N+]C1(CCn2c(=O)cc(C)c3ccc(OC)cc32)CCC(NCc2ccc3c(c2)OCCO3)CC1. The number of benzene rings is 2. The Bertz CT molecular complexity index is 1350. The van der Waals surface area contributed by atoms with E-state index < -0.39 is 5.54 Å². The van der Waals surface area contributed by atoms with Gasteiger partial charge in [-0.3, -0.25) is 4.79 Å². The minimum Gasteiger partial charge on any atom is -0.497 e. The van der Waals surface area contributed by atoms with Crippen LogP contribution in [0.4, 0.5) is 0 Å². The quantitative estimate of drug-likeness (QED) is 0.482. The highest BCUT2D eigenvalue weighted by atomic mass is 16.6. The number of nitrogens with one attached hydrogen (secondary N) is 1. The third kappa shape index (κ3) is 4.91. The summed E-state index contributed by atoms with van der Waals surface area (Å²) in [5.41, 5.74) is 2.54. The van der Waals surface area contributed by atoms with Crippen LogP contribution in [0, 0.1) is 13.5 Å². The van der Waals surface area contributed by atoms with Gasteiger partial charge in [0, 0.05) is 55.9 Å². The Morgan fingerprint density at radius 2 is 1.89 bits per heavy atom. The first-order chi connectivity index (χ1) is 17.5. The first-order valence-corrected chi connectivity index (χ1v) is 12.7. The molecule has 0 saturated heterocycles. The van der Waals surface area contributed by atoms with E-state index in [4.69, 9.17) is 20.8 Å². The number of ether oxygens (including phenoxy) is 3. The largest absolute Gasteiger partial charge is 0.497 e. The lowest BCUT2D eigenvalue weighted by Gasteiger charge is -2.32. The molecule has 2 aromatic carbocycles. The van der Waals surface area contributed by atoms with Crippen molar-refractivity contribution in [2.24, 2.45) is 0 Å². The van der Waals surface area contributed by atoms with Crippen molar-refractivity contribution in [1.82, 2.24) is 9.88 Å². The Kier molecular flexibility index (Phi) is 6.88. The lowest BCUT2D eigenvalue weighted by molar-refractivity contribution is 0.171. The van der Waals surface area contributed by atoms with Crippen LogP contribution in [0.15, 0.2) is 47.3 Å². The smallest absolute Gasteiger partial charge is 0.251 e. The van der Waals surface area contributed by atoms with Gasteiger partial charge in [0.1, 0.15) is 19.0 Å². The maximum atomic E-state index is 12.9. The summed E-state index contributed by atoms with van der Waals surface area (Å²) in [5.74, 6) is 2.35. The molecule has 5 rings (SSSR count). The third-order valence-electron chi connectivity index (χ3n) is 7.68. The van der Waals surface area contributed by atoms with Crippen LogP contribution >= 0.6 is 0 Å². The number of methoxy groups -OCH3 is 1. The molecule has 0 radical (unpaired) electrons. The van der Waals surface area contributed by atoms with E-state index in [1.54, 1.807) is 13.2 Å². The van der Waals surface area contributed by atoms with E-state index in [0.717, 1.165) is 65.9 Å². The molecule has 1 aliphatic carbocycles. The molecular weight excluding hydrogens is 454 g/mol. The molecule has 7 heteroatoms. The molecule has 36 heavy (non-hydrogen) atoms. The lowest BCUT2D eigenvalue weighted by atomic mass is 9.77. The van der Waals surface area contributed by atoms with E-state index in [0.29, 0.717) is 32.2 Å². The monoisotopic (exact) mass is 487 g/mol. The second-order valence-corrected chi connectivity index (χ2v) is 9.92. The van der Waals surface area contributed by atoms with Gasteiger partial charge in [0.15, 0.2) is 11.5 Å². The predicted molar refractivity (Wildman–Crippen MR) is 140 cm³/mol. The van der Waals surface area contributed by atoms with Crippen molar-refractivity contribution in [1.29, 1.82) is 0 Å². The summed E-state index contributed by atoms with van der Waals surface area (Å²) >= 11 is 0. The summed E-state index contributed by atoms with van der Waals surface area (Å²) in [6.45, 7) is 12.4. The van der Waals surface area contributed by atoms with Crippen LogP contribution in [0.25, 0.3) is 15.7 Å². The Balaban J connectivity index is 1.22. The van der Waals surface area contributed by atoms with Crippen LogP contribution < -0.4 is 25.1 Å². The second kappa shape index (κ2) is 10.2. The van der Waals surface area contributed by atoms with E-state index in [1.165, 1.54) is 5.56 Å². The standard InChI is InChI=1S/C29H33N3O4/c1-20-16-28(33)32(25-18-23(34-3)5-6-24(20)25)13-12-29(30-2)10-8-22(9-11-29)31-19-21-4-7-26-27(17-21)36-15-14-35-26/h4-7,16-18,22,31H,8-15,19H2,1,3H3. The maximum absolute atomic E-state index is 12.9. The zero-order valence-electron chi connectivity index (χ0n) is 21.0. The fourth-order valence-electron chi connectivity index (χ4n) is 5.44. The fourth-order valence-corrected chi connectivity index (χ4v) is 5.44. The third-order valence-corrected chi connectivity index (χ3v) is 7.68. The van der Waals surface area contributed by atoms with Gasteiger partial charge in [-0.25, -0.2) is 6.57 Å². The summed E-state index contributed by atoms with van der Waals surface area (Å²) in [6.07, 6.45) is 4.23. The van der Waals surface area contributed by atoms with Gasteiger partial charge >= 0.3 is 0 Å². The van der Waals surface area contributed by atoms with Crippen LogP contribution in [-0.4, -0.2) is 36.5 Å². The number of nitrogens with zero attached hydrogens (tertiary/aromatic N) is 2. The summed E-state index contributed by atoms with van der Waals surface area (Å²) in [5, 5.41) is 4.71. The molecule has 1 saturated carbocycles. The molecule has 1 fully saturated rings. The summed E-state index contributed by atoms with van der Waals surface area (Å²) < 4.78 is 18.5. The average Bonchev–Trinajstić information content (AvgIpc) is 2.92. The van der Waals surface area contributed by atoms with Gasteiger partial charge in [-0.05, 0) is 55.2 Å². The van der Waals surface area contributed by atoms with Crippen molar-refractivity contribution in [3.8, 4) is 17.2 Å². The molecule has 1 aliphatic heterocycles. The number of rotatable bonds is 7. The number of aryl methyl sites for hydroxylation is 2. The highest BCUT2D eigenvalue weighted by molar-refractivity contribution is 5.83. The van der Waals surface area contributed by atoms with Crippen LogP contribution in [0.5, 0.6) is 17.2 Å². The highest BCUT2D eigenvalue weighted by Crippen LogP contribution is 2.36. The van der Waals surface area contributed by atoms with Gasteiger partial charge in [0.05, 0.1) is 12.6 Å². The number of hydrogen-bond acceptors (Lipinski definition) is 5. The highest BCUT2D eigenvalue weighted by Gasteiger charge is 2.40. The molecule has 3 aromatic rings. The van der Waals surface area contributed by atoms with E-state index in [2.05, 4.69) is 16.2 Å². The molecule has 2 heterocycles. The van der Waals surface area contributed by atoms with Crippen LogP contribution in [-0.2, 0) is 13.1 Å². The zero-order valence-corrected chi connectivity index (χ0v) is 21.0. The first kappa shape index (κ1) is 24.2. The molecule has 188 valence electrons. The topological polar surface area (TPSA) is 66.1 Å². The normalized spacial score (nSPS) is 21.2. The fraction of sp³-hybridized carbons (Fsp3) is 0.448. The lowest BCUT2D eigenvalue weighted by Crippen LogP contribution is -2.40. The van der Waals surface area contributed by atoms with Crippen molar-refractivity contribution in [2.75, 3.05) is 20.3 Å². The van der Waals surface area contributed by atoms with Gasteiger partial charge in [-0.1, -0.05) is 6.07 Å². The van der Waals surface area contributed by atoms with E-state index in [-0.39, 0.29) is 5.56 Å². The number of pyridine rings is 1. The van der Waals surface area contributed by atoms with Gasteiger partial charge in [-0.2, -0.15) is 0 Å². The first-order valence-electron chi connectivity index (χ1n) is 12.7. The van der Waals surface area contributed by atoms with Gasteiger partial charge in [0.2, 0.25) is 5.54 Å². The summed E-state index contributed by atoms with van der Waals surface area (Å²) in [6, 6.07) is 14.0. The Labute approximate surface area is 211 Å². The number of fused-ring (bicyclic) bond motifs is 2. The van der Waals surface area contributed by atoms with Gasteiger partial charge < -0.3 is 28.9 Å². The molecule has 1 aromatic heterocycles. The van der Waals surface area contributed by atoms with Crippen molar-refractivity contribution in [2.45, 2.75) is 63.7 Å². The predicted octanol–water partition coefficient (Wildman–Crippen LogP) is 4.87.